The van der Waals surface area contributed by atoms with Crippen molar-refractivity contribution in [3.8, 4) is 0 Å². The molecule has 1 N–H and O–H groups in total. The molecule has 1 aliphatic heterocycles. The van der Waals surface area contributed by atoms with E-state index in [0.29, 0.717) is 25.4 Å². The fraction of sp³-hybridized carbons (Fsp3) is 0.400. The third kappa shape index (κ3) is 2.16. The van der Waals surface area contributed by atoms with Crippen molar-refractivity contribution in [2.75, 3.05) is 16.7 Å². The highest BCUT2D eigenvalue weighted by molar-refractivity contribution is 7.90. The Morgan fingerprint density at radius 3 is 2.88 bits per heavy atom. The molecule has 1 aliphatic rings. The number of para-hydroxylation sites is 1. The van der Waals surface area contributed by atoms with Crippen molar-refractivity contribution in [3.05, 3.63) is 29.8 Å². The molecule has 1 heterocycles. The van der Waals surface area contributed by atoms with Crippen LogP contribution in [0.3, 0.4) is 0 Å². The molecule has 16 heavy (non-hydrogen) atoms. The van der Waals surface area contributed by atoms with Crippen LogP contribution >= 0.6 is 11.6 Å². The van der Waals surface area contributed by atoms with Crippen LogP contribution in [0.5, 0.6) is 0 Å². The Morgan fingerprint density at radius 2 is 2.12 bits per heavy atom. The maximum Gasteiger partial charge on any atom is 0.301 e. The topological polar surface area (TPSA) is 49.4 Å². The van der Waals surface area contributed by atoms with Crippen molar-refractivity contribution >= 4 is 27.5 Å². The number of nitrogens with one attached hydrogen (secondary N) is 1. The third-order valence-electron chi connectivity index (χ3n) is 2.49. The molecule has 0 saturated heterocycles. The van der Waals surface area contributed by atoms with Crippen LogP contribution < -0.4 is 9.03 Å². The summed E-state index contributed by atoms with van der Waals surface area (Å²) in [5.41, 5.74) is 1.75. The predicted octanol–water partition coefficient (Wildman–Crippen LogP) is 1.47. The van der Waals surface area contributed by atoms with Crippen LogP contribution in [-0.4, -0.2) is 20.8 Å². The zero-order valence-electron chi connectivity index (χ0n) is 8.69. The molecule has 0 spiro atoms. The Balaban J connectivity index is 2.37. The third-order valence-corrected chi connectivity index (χ3v) is 4.23. The van der Waals surface area contributed by atoms with Crippen LogP contribution in [-0.2, 0) is 16.8 Å². The average molecular weight is 261 g/mol. The Morgan fingerprint density at radius 1 is 1.38 bits per heavy atom. The molecule has 0 aromatic heterocycles. The number of fused-ring (bicyclic) bond motifs is 1. The molecular formula is C10H13ClN2O2S. The number of rotatable bonds is 3. The Labute approximate surface area is 100 Å². The maximum absolute atomic E-state index is 11.8. The van der Waals surface area contributed by atoms with E-state index in [0.717, 1.165) is 11.3 Å². The average Bonchev–Trinajstić information content (AvgIpc) is 2.27. The number of anilines is 1. The van der Waals surface area contributed by atoms with Gasteiger partial charge < -0.3 is 0 Å². The van der Waals surface area contributed by atoms with Gasteiger partial charge in [0.15, 0.2) is 0 Å². The maximum atomic E-state index is 11.8. The number of hydrogen-bond acceptors (Lipinski definition) is 2. The lowest BCUT2D eigenvalue weighted by molar-refractivity contribution is 0.570. The first-order valence-corrected chi connectivity index (χ1v) is 7.04. The summed E-state index contributed by atoms with van der Waals surface area (Å²) in [4.78, 5) is 0. The Hall–Kier alpha value is -0.780. The number of benzene rings is 1. The van der Waals surface area contributed by atoms with Crippen LogP contribution in [0, 0.1) is 0 Å². The SMILES string of the molecule is O=S1(=O)NCc2ccccc2N1CCCCl. The highest BCUT2D eigenvalue weighted by atomic mass is 35.5. The minimum Gasteiger partial charge on any atom is -0.257 e. The molecule has 0 amide bonds. The van der Waals surface area contributed by atoms with Crippen LogP contribution in [0.25, 0.3) is 0 Å². The van der Waals surface area contributed by atoms with Gasteiger partial charge in [-0.25, -0.2) is 0 Å². The van der Waals surface area contributed by atoms with Gasteiger partial charge in [0.1, 0.15) is 0 Å². The van der Waals surface area contributed by atoms with Gasteiger partial charge in [-0.2, -0.15) is 13.1 Å². The van der Waals surface area contributed by atoms with E-state index >= 15 is 0 Å². The summed E-state index contributed by atoms with van der Waals surface area (Å²) in [5, 5.41) is 0. The molecule has 0 atom stereocenters. The lowest BCUT2D eigenvalue weighted by Crippen LogP contribution is -2.45. The molecule has 0 unspecified atom stereocenters. The smallest absolute Gasteiger partial charge is 0.257 e. The molecule has 4 nitrogen and oxygen atoms in total. The molecule has 0 fully saturated rings. The Bertz CT molecular complexity index is 475. The van der Waals surface area contributed by atoms with E-state index < -0.39 is 10.2 Å². The number of hydrogen-bond donors (Lipinski definition) is 1. The van der Waals surface area contributed by atoms with Gasteiger partial charge in [-0.3, -0.25) is 4.31 Å². The van der Waals surface area contributed by atoms with Gasteiger partial charge in [-0.1, -0.05) is 18.2 Å². The zero-order valence-corrected chi connectivity index (χ0v) is 10.3. The molecule has 1 aromatic rings. The van der Waals surface area contributed by atoms with E-state index in [4.69, 9.17) is 11.6 Å². The number of alkyl halides is 1. The lowest BCUT2D eigenvalue weighted by atomic mass is 10.2. The van der Waals surface area contributed by atoms with Crippen molar-refractivity contribution in [3.63, 3.8) is 0 Å². The van der Waals surface area contributed by atoms with Crippen molar-refractivity contribution < 1.29 is 8.42 Å². The minimum atomic E-state index is -3.38. The number of nitrogens with zero attached hydrogens (tertiary/aromatic N) is 1. The van der Waals surface area contributed by atoms with E-state index in [9.17, 15) is 8.42 Å². The summed E-state index contributed by atoms with van der Waals surface area (Å²) >= 11 is 5.60. The molecule has 0 aliphatic carbocycles. The van der Waals surface area contributed by atoms with Gasteiger partial charge >= 0.3 is 10.2 Å². The zero-order chi connectivity index (χ0) is 11.6. The summed E-state index contributed by atoms with van der Waals surface area (Å²) in [7, 11) is -3.38. The van der Waals surface area contributed by atoms with E-state index in [1.165, 1.54) is 4.31 Å². The quantitative estimate of drug-likeness (QED) is 0.837. The minimum absolute atomic E-state index is 0.357. The van der Waals surface area contributed by atoms with Crippen LogP contribution in [0.2, 0.25) is 0 Å². The molecule has 6 heteroatoms. The van der Waals surface area contributed by atoms with Gasteiger partial charge in [-0.15, -0.1) is 11.6 Å². The largest absolute Gasteiger partial charge is 0.301 e. The second-order valence-corrected chi connectivity index (χ2v) is 5.63. The van der Waals surface area contributed by atoms with Gasteiger partial charge in [0.25, 0.3) is 0 Å². The van der Waals surface area contributed by atoms with Crippen LogP contribution in [0.15, 0.2) is 24.3 Å². The highest BCUT2D eigenvalue weighted by Crippen LogP contribution is 2.26. The standard InChI is InChI=1S/C10H13ClN2O2S/c11-6-3-7-13-10-5-2-1-4-9(10)8-12-16(13,14)15/h1-2,4-5,12H,3,6-8H2. The number of halogens is 1. The highest BCUT2D eigenvalue weighted by Gasteiger charge is 2.28. The summed E-state index contributed by atoms with van der Waals surface area (Å²) in [6, 6.07) is 7.48. The second kappa shape index (κ2) is 4.61. The fourth-order valence-corrected chi connectivity index (χ4v) is 3.14. The first kappa shape index (κ1) is 11.7. The monoisotopic (exact) mass is 260 g/mol. The van der Waals surface area contributed by atoms with Gasteiger partial charge in [-0.05, 0) is 18.1 Å². The van der Waals surface area contributed by atoms with E-state index in [-0.39, 0.29) is 0 Å². The first-order valence-electron chi connectivity index (χ1n) is 5.06. The summed E-state index contributed by atoms with van der Waals surface area (Å²) in [6.07, 6.45) is 0.636. The van der Waals surface area contributed by atoms with Crippen molar-refractivity contribution in [2.24, 2.45) is 0 Å². The van der Waals surface area contributed by atoms with E-state index in [2.05, 4.69) is 4.72 Å². The van der Waals surface area contributed by atoms with Crippen LogP contribution in [0.1, 0.15) is 12.0 Å². The van der Waals surface area contributed by atoms with Gasteiger partial charge in [0.2, 0.25) is 0 Å². The molecule has 0 saturated carbocycles. The first-order chi connectivity index (χ1) is 7.65. The molecular weight excluding hydrogens is 248 g/mol. The summed E-state index contributed by atoms with van der Waals surface area (Å²) in [6.45, 7) is 0.770. The van der Waals surface area contributed by atoms with Crippen LogP contribution in [0.4, 0.5) is 5.69 Å². The van der Waals surface area contributed by atoms with Crippen molar-refractivity contribution in [1.29, 1.82) is 0 Å². The molecule has 0 radical (unpaired) electrons. The fourth-order valence-electron chi connectivity index (χ4n) is 1.72. The van der Waals surface area contributed by atoms with Gasteiger partial charge in [0, 0.05) is 19.0 Å². The predicted molar refractivity (Wildman–Crippen MR) is 64.9 cm³/mol. The van der Waals surface area contributed by atoms with E-state index in [1.807, 2.05) is 24.3 Å². The van der Waals surface area contributed by atoms with Crippen molar-refractivity contribution in [1.82, 2.24) is 4.72 Å². The summed E-state index contributed by atoms with van der Waals surface area (Å²) in [5.74, 6) is 0.453. The van der Waals surface area contributed by atoms with E-state index in [1.54, 1.807) is 0 Å². The lowest BCUT2D eigenvalue weighted by Gasteiger charge is -2.30. The Kier molecular flexibility index (Phi) is 3.37. The van der Waals surface area contributed by atoms with Crippen molar-refractivity contribution in [2.45, 2.75) is 13.0 Å². The molecule has 1 aromatic carbocycles. The molecule has 2 rings (SSSR count). The molecule has 88 valence electrons. The second-order valence-electron chi connectivity index (χ2n) is 3.57. The normalized spacial score (nSPS) is 18.2. The molecule has 0 bridgehead atoms. The van der Waals surface area contributed by atoms with Gasteiger partial charge in [0.05, 0.1) is 5.69 Å². The summed E-state index contributed by atoms with van der Waals surface area (Å²) < 4.78 is 27.6.